The van der Waals surface area contributed by atoms with Gasteiger partial charge in [-0.2, -0.15) is 0 Å². The summed E-state index contributed by atoms with van der Waals surface area (Å²) in [5.74, 6) is -0.954. The number of amides is 4. The van der Waals surface area contributed by atoms with E-state index in [0.29, 0.717) is 0 Å². The first kappa shape index (κ1) is 18.3. The fourth-order valence-corrected chi connectivity index (χ4v) is 2.52. The van der Waals surface area contributed by atoms with Crippen molar-refractivity contribution in [3.8, 4) is 0 Å². The van der Waals surface area contributed by atoms with E-state index >= 15 is 0 Å². The number of rotatable bonds is 7. The van der Waals surface area contributed by atoms with Gasteiger partial charge in [0.15, 0.2) is 0 Å². The summed E-state index contributed by atoms with van der Waals surface area (Å²) in [4.78, 5) is 34.0. The van der Waals surface area contributed by atoms with Crippen LogP contribution in [0, 0.1) is 0 Å². The highest BCUT2D eigenvalue weighted by Gasteiger charge is 2.12. The summed E-state index contributed by atoms with van der Waals surface area (Å²) in [6.45, 7) is 1.86. The van der Waals surface area contributed by atoms with Crippen molar-refractivity contribution in [2.75, 3.05) is 13.1 Å². The van der Waals surface area contributed by atoms with Crippen LogP contribution in [0.15, 0.2) is 42.5 Å². The summed E-state index contributed by atoms with van der Waals surface area (Å²) in [6.07, 6.45) is 0.0728. The molecule has 2 aromatic rings. The molecule has 1 atom stereocenters. The van der Waals surface area contributed by atoms with Gasteiger partial charge in [0, 0.05) is 13.0 Å². The largest absolute Gasteiger partial charge is 0.368 e. The number of carbonyl (C=O) groups excluding carboxylic acids is 3. The van der Waals surface area contributed by atoms with E-state index in [4.69, 9.17) is 5.73 Å². The molecule has 2 aromatic carbocycles. The highest BCUT2D eigenvalue weighted by atomic mass is 16.2. The third-order valence-corrected chi connectivity index (χ3v) is 3.73. The van der Waals surface area contributed by atoms with Crippen molar-refractivity contribution in [3.05, 3.63) is 48.0 Å². The summed E-state index contributed by atoms with van der Waals surface area (Å²) < 4.78 is 0. The van der Waals surface area contributed by atoms with Crippen molar-refractivity contribution < 1.29 is 14.4 Å². The Balaban J connectivity index is 1.84. The van der Waals surface area contributed by atoms with Crippen LogP contribution in [0.25, 0.3) is 10.8 Å². The molecule has 132 valence electrons. The monoisotopic (exact) mass is 342 g/mol. The topological polar surface area (TPSA) is 113 Å². The Morgan fingerprint density at radius 3 is 2.52 bits per heavy atom. The molecule has 7 nitrogen and oxygen atoms in total. The second-order valence-electron chi connectivity index (χ2n) is 5.68. The number of benzene rings is 2. The van der Waals surface area contributed by atoms with E-state index in [9.17, 15) is 14.4 Å². The molecule has 0 radical (unpaired) electrons. The Hall–Kier alpha value is -3.09. The Bertz CT molecular complexity index is 771. The van der Waals surface area contributed by atoms with E-state index in [1.807, 2.05) is 49.4 Å². The van der Waals surface area contributed by atoms with Gasteiger partial charge in [-0.05, 0) is 23.3 Å². The van der Waals surface area contributed by atoms with E-state index in [0.717, 1.165) is 16.3 Å². The van der Waals surface area contributed by atoms with Gasteiger partial charge < -0.3 is 21.7 Å². The van der Waals surface area contributed by atoms with Crippen molar-refractivity contribution in [1.82, 2.24) is 16.0 Å². The van der Waals surface area contributed by atoms with Gasteiger partial charge in [-0.1, -0.05) is 42.5 Å². The predicted octanol–water partition coefficient (Wildman–Crippen LogP) is 1.19. The van der Waals surface area contributed by atoms with Crippen molar-refractivity contribution in [2.24, 2.45) is 5.73 Å². The number of hydrogen-bond donors (Lipinski definition) is 4. The van der Waals surface area contributed by atoms with Gasteiger partial charge in [-0.25, -0.2) is 4.79 Å². The van der Waals surface area contributed by atoms with E-state index in [-0.39, 0.29) is 37.5 Å². The molecule has 7 heteroatoms. The third-order valence-electron chi connectivity index (χ3n) is 3.73. The third kappa shape index (κ3) is 5.49. The van der Waals surface area contributed by atoms with Crippen LogP contribution in [0.1, 0.15) is 24.9 Å². The molecule has 0 spiro atoms. The number of urea groups is 1. The standard InChI is InChI=1S/C18H22N4O3/c1-12(14-8-4-6-13-5-2-3-7-15(13)14)22-18(25)20-10-9-17(24)21-11-16(19)23/h2-8,12H,9-11H2,1H3,(H2,19,23)(H,21,24)(H2,20,22,25)/t12-/m1/s1. The first-order valence-corrected chi connectivity index (χ1v) is 8.04. The zero-order valence-corrected chi connectivity index (χ0v) is 14.0. The van der Waals surface area contributed by atoms with Crippen LogP contribution < -0.4 is 21.7 Å². The second kappa shape index (κ2) is 8.68. The molecular formula is C18H22N4O3. The Morgan fingerprint density at radius 2 is 1.76 bits per heavy atom. The summed E-state index contributed by atoms with van der Waals surface area (Å²) >= 11 is 0. The van der Waals surface area contributed by atoms with Crippen molar-refractivity contribution in [1.29, 1.82) is 0 Å². The molecule has 0 aliphatic carbocycles. The summed E-state index contributed by atoms with van der Waals surface area (Å²) in [7, 11) is 0. The number of primary amides is 1. The minimum absolute atomic E-state index is 0.0728. The maximum absolute atomic E-state index is 12.0. The maximum Gasteiger partial charge on any atom is 0.315 e. The van der Waals surface area contributed by atoms with Crippen LogP contribution in [-0.2, 0) is 9.59 Å². The zero-order chi connectivity index (χ0) is 18.2. The molecule has 0 fully saturated rings. The molecule has 25 heavy (non-hydrogen) atoms. The van der Waals surface area contributed by atoms with Gasteiger partial charge in [0.25, 0.3) is 0 Å². The lowest BCUT2D eigenvalue weighted by atomic mass is 10.00. The van der Waals surface area contributed by atoms with Crippen molar-refractivity contribution in [3.63, 3.8) is 0 Å². The van der Waals surface area contributed by atoms with E-state index in [2.05, 4.69) is 16.0 Å². The number of nitrogens with one attached hydrogen (secondary N) is 3. The molecule has 0 heterocycles. The number of nitrogens with two attached hydrogens (primary N) is 1. The smallest absolute Gasteiger partial charge is 0.315 e. The van der Waals surface area contributed by atoms with Gasteiger partial charge in [-0.3, -0.25) is 9.59 Å². The SMILES string of the molecule is C[C@@H](NC(=O)NCCC(=O)NCC(N)=O)c1cccc2ccccc12. The van der Waals surface area contributed by atoms with Crippen LogP contribution in [0.2, 0.25) is 0 Å². The van der Waals surface area contributed by atoms with Gasteiger partial charge in [0.1, 0.15) is 0 Å². The quantitative estimate of drug-likeness (QED) is 0.606. The Morgan fingerprint density at radius 1 is 1.04 bits per heavy atom. The maximum atomic E-state index is 12.0. The van der Waals surface area contributed by atoms with E-state index in [1.165, 1.54) is 0 Å². The van der Waals surface area contributed by atoms with E-state index in [1.54, 1.807) is 0 Å². The van der Waals surface area contributed by atoms with Crippen LogP contribution in [0.4, 0.5) is 4.79 Å². The van der Waals surface area contributed by atoms with Crippen LogP contribution in [-0.4, -0.2) is 30.9 Å². The predicted molar refractivity (Wildman–Crippen MR) is 95.7 cm³/mol. The first-order valence-electron chi connectivity index (χ1n) is 8.04. The fraction of sp³-hybridized carbons (Fsp3) is 0.278. The number of fused-ring (bicyclic) bond motifs is 1. The average molecular weight is 342 g/mol. The lowest BCUT2D eigenvalue weighted by Gasteiger charge is -2.17. The van der Waals surface area contributed by atoms with Crippen LogP contribution >= 0.6 is 0 Å². The lowest BCUT2D eigenvalue weighted by molar-refractivity contribution is -0.124. The molecule has 0 bridgehead atoms. The molecule has 0 saturated carbocycles. The zero-order valence-electron chi connectivity index (χ0n) is 14.0. The van der Waals surface area contributed by atoms with Crippen LogP contribution in [0.3, 0.4) is 0 Å². The molecule has 5 N–H and O–H groups in total. The number of carbonyl (C=O) groups is 3. The highest BCUT2D eigenvalue weighted by molar-refractivity contribution is 5.87. The van der Waals surface area contributed by atoms with Gasteiger partial charge in [0.2, 0.25) is 11.8 Å². The molecule has 0 unspecified atom stereocenters. The van der Waals surface area contributed by atoms with Gasteiger partial charge in [-0.15, -0.1) is 0 Å². The summed E-state index contributed by atoms with van der Waals surface area (Å²) in [5.41, 5.74) is 5.95. The number of hydrogen-bond acceptors (Lipinski definition) is 3. The lowest BCUT2D eigenvalue weighted by Crippen LogP contribution is -2.40. The minimum atomic E-state index is -0.608. The highest BCUT2D eigenvalue weighted by Crippen LogP contribution is 2.23. The van der Waals surface area contributed by atoms with Crippen molar-refractivity contribution in [2.45, 2.75) is 19.4 Å². The first-order chi connectivity index (χ1) is 12.0. The van der Waals surface area contributed by atoms with Gasteiger partial charge >= 0.3 is 6.03 Å². The summed E-state index contributed by atoms with van der Waals surface area (Å²) in [5, 5.41) is 10.0. The molecule has 0 saturated heterocycles. The molecule has 4 amide bonds. The fourth-order valence-electron chi connectivity index (χ4n) is 2.52. The van der Waals surface area contributed by atoms with E-state index < -0.39 is 5.91 Å². The normalized spacial score (nSPS) is 11.6. The Labute approximate surface area is 146 Å². The van der Waals surface area contributed by atoms with Crippen LogP contribution in [0.5, 0.6) is 0 Å². The molecule has 0 aliphatic rings. The molecule has 0 aromatic heterocycles. The summed E-state index contributed by atoms with van der Waals surface area (Å²) in [6, 6.07) is 13.4. The Kier molecular flexibility index (Phi) is 6.33. The van der Waals surface area contributed by atoms with Gasteiger partial charge in [0.05, 0.1) is 12.6 Å². The van der Waals surface area contributed by atoms with Crippen molar-refractivity contribution >= 4 is 28.6 Å². The molecular weight excluding hydrogens is 320 g/mol. The molecule has 2 rings (SSSR count). The second-order valence-corrected chi connectivity index (χ2v) is 5.68. The molecule has 0 aliphatic heterocycles. The minimum Gasteiger partial charge on any atom is -0.368 e. The average Bonchev–Trinajstić information content (AvgIpc) is 2.59.